The first kappa shape index (κ1) is 15.2. The molecule has 0 aliphatic carbocycles. The molecule has 104 valence electrons. The lowest BCUT2D eigenvalue weighted by Gasteiger charge is -2.08. The van der Waals surface area contributed by atoms with Crippen molar-refractivity contribution in [2.24, 2.45) is 0 Å². The number of hydrogen-bond donors (Lipinski definition) is 1. The highest BCUT2D eigenvalue weighted by atomic mass is 79.9. The van der Waals surface area contributed by atoms with E-state index in [9.17, 15) is 4.79 Å². The fourth-order valence-electron chi connectivity index (χ4n) is 1.56. The summed E-state index contributed by atoms with van der Waals surface area (Å²) in [5, 5.41) is 0.880. The number of nitrogens with two attached hydrogens (primary N) is 1. The summed E-state index contributed by atoms with van der Waals surface area (Å²) in [6.45, 7) is 0.108. The van der Waals surface area contributed by atoms with E-state index in [-0.39, 0.29) is 6.61 Å². The van der Waals surface area contributed by atoms with Crippen LogP contribution in [0.5, 0.6) is 0 Å². The predicted octanol–water partition coefficient (Wildman–Crippen LogP) is 4.70. The van der Waals surface area contributed by atoms with Crippen molar-refractivity contribution in [2.45, 2.75) is 6.61 Å². The van der Waals surface area contributed by atoms with Gasteiger partial charge in [0.05, 0.1) is 15.6 Å². The molecule has 0 aromatic heterocycles. The molecule has 2 rings (SSSR count). The zero-order valence-electron chi connectivity index (χ0n) is 10.2. The summed E-state index contributed by atoms with van der Waals surface area (Å²) < 4.78 is 5.85. The molecule has 0 spiro atoms. The second kappa shape index (κ2) is 6.48. The van der Waals surface area contributed by atoms with Crippen LogP contribution in [0.15, 0.2) is 40.9 Å². The van der Waals surface area contributed by atoms with E-state index in [0.717, 1.165) is 5.56 Å². The number of ether oxygens (including phenoxy) is 1. The maximum absolute atomic E-state index is 12.0. The van der Waals surface area contributed by atoms with Gasteiger partial charge in [-0.2, -0.15) is 0 Å². The number of anilines is 1. The molecule has 2 aromatic carbocycles. The zero-order chi connectivity index (χ0) is 14.7. The molecule has 0 bridgehead atoms. The Kier molecular flexibility index (Phi) is 4.91. The van der Waals surface area contributed by atoms with Crippen molar-refractivity contribution in [3.63, 3.8) is 0 Å². The minimum atomic E-state index is -0.463. The lowest BCUT2D eigenvalue weighted by Crippen LogP contribution is -2.06. The fourth-order valence-corrected chi connectivity index (χ4v) is 2.28. The Morgan fingerprint density at radius 2 is 1.90 bits per heavy atom. The first-order valence-electron chi connectivity index (χ1n) is 5.63. The van der Waals surface area contributed by atoms with Crippen LogP contribution in [0.4, 0.5) is 5.69 Å². The Morgan fingerprint density at radius 1 is 1.15 bits per heavy atom. The first-order chi connectivity index (χ1) is 9.47. The number of nitrogen functional groups attached to an aromatic ring is 1. The van der Waals surface area contributed by atoms with Crippen LogP contribution < -0.4 is 5.73 Å². The van der Waals surface area contributed by atoms with Crippen molar-refractivity contribution >= 4 is 50.8 Å². The Labute approximate surface area is 134 Å². The van der Waals surface area contributed by atoms with Crippen molar-refractivity contribution in [2.75, 3.05) is 5.73 Å². The van der Waals surface area contributed by atoms with Gasteiger partial charge in [-0.25, -0.2) is 4.79 Å². The molecular weight excluding hydrogens is 365 g/mol. The molecule has 0 aliphatic rings. The summed E-state index contributed by atoms with van der Waals surface area (Å²) in [6, 6.07) is 10.0. The van der Waals surface area contributed by atoms with E-state index >= 15 is 0 Å². The van der Waals surface area contributed by atoms with Gasteiger partial charge in [0.15, 0.2) is 0 Å². The molecule has 0 unspecified atom stereocenters. The monoisotopic (exact) mass is 373 g/mol. The number of benzene rings is 2. The van der Waals surface area contributed by atoms with Gasteiger partial charge in [0, 0.05) is 10.2 Å². The highest BCUT2D eigenvalue weighted by Crippen LogP contribution is 2.24. The van der Waals surface area contributed by atoms with Crippen molar-refractivity contribution in [1.82, 2.24) is 0 Å². The van der Waals surface area contributed by atoms with Crippen molar-refractivity contribution in [3.8, 4) is 0 Å². The molecule has 3 nitrogen and oxygen atoms in total. The van der Waals surface area contributed by atoms with Crippen LogP contribution >= 0.6 is 39.1 Å². The molecule has 0 radical (unpaired) electrons. The Balaban J connectivity index is 2.08. The van der Waals surface area contributed by atoms with Crippen LogP contribution in [0.1, 0.15) is 15.9 Å². The summed E-state index contributed by atoms with van der Waals surface area (Å²) in [6.07, 6.45) is 0. The number of carbonyl (C=O) groups excluding carboxylic acids is 1. The molecule has 20 heavy (non-hydrogen) atoms. The number of hydrogen-bond acceptors (Lipinski definition) is 3. The average Bonchev–Trinajstić information content (AvgIpc) is 2.42. The van der Waals surface area contributed by atoms with Crippen LogP contribution in [0, 0.1) is 0 Å². The summed E-state index contributed by atoms with van der Waals surface area (Å²) in [7, 11) is 0. The molecule has 0 aliphatic heterocycles. The van der Waals surface area contributed by atoms with E-state index in [2.05, 4.69) is 15.9 Å². The Hall–Kier alpha value is -1.23. The summed E-state index contributed by atoms with van der Waals surface area (Å²) in [4.78, 5) is 12.0. The van der Waals surface area contributed by atoms with Gasteiger partial charge in [-0.05, 0) is 51.8 Å². The molecule has 0 fully saturated rings. The maximum Gasteiger partial charge on any atom is 0.339 e. The van der Waals surface area contributed by atoms with Crippen LogP contribution in [0.25, 0.3) is 0 Å². The van der Waals surface area contributed by atoms with Crippen LogP contribution in [0.2, 0.25) is 10.0 Å². The van der Waals surface area contributed by atoms with Crippen molar-refractivity contribution < 1.29 is 9.53 Å². The SMILES string of the molecule is Nc1ccc(Br)c(C(=O)OCc2ccc(Cl)c(Cl)c2)c1. The first-order valence-corrected chi connectivity index (χ1v) is 7.18. The van der Waals surface area contributed by atoms with E-state index in [1.54, 1.807) is 36.4 Å². The van der Waals surface area contributed by atoms with Gasteiger partial charge in [0.25, 0.3) is 0 Å². The Morgan fingerprint density at radius 3 is 2.60 bits per heavy atom. The van der Waals surface area contributed by atoms with Gasteiger partial charge in [-0.1, -0.05) is 29.3 Å². The minimum absolute atomic E-state index is 0.108. The van der Waals surface area contributed by atoms with Crippen molar-refractivity contribution in [1.29, 1.82) is 0 Å². The summed E-state index contributed by atoms with van der Waals surface area (Å²) in [5.41, 5.74) is 7.28. The normalized spacial score (nSPS) is 10.3. The van der Waals surface area contributed by atoms with Gasteiger partial charge in [0.1, 0.15) is 6.61 Å². The topological polar surface area (TPSA) is 52.3 Å². The standard InChI is InChI=1S/C14H10BrCl2NO2/c15-11-3-2-9(18)6-10(11)14(19)20-7-8-1-4-12(16)13(17)5-8/h1-6H,7,18H2. The second-order valence-corrected chi connectivity index (χ2v) is 5.73. The van der Waals surface area contributed by atoms with Crippen molar-refractivity contribution in [3.05, 3.63) is 62.0 Å². The highest BCUT2D eigenvalue weighted by Gasteiger charge is 2.12. The van der Waals surface area contributed by atoms with Gasteiger partial charge in [-0.15, -0.1) is 0 Å². The van der Waals surface area contributed by atoms with Crippen LogP contribution in [-0.4, -0.2) is 5.97 Å². The van der Waals surface area contributed by atoms with Gasteiger partial charge in [0.2, 0.25) is 0 Å². The maximum atomic E-state index is 12.0. The third kappa shape index (κ3) is 3.66. The molecule has 0 heterocycles. The third-order valence-corrected chi connectivity index (χ3v) is 3.99. The van der Waals surface area contributed by atoms with Gasteiger partial charge >= 0.3 is 5.97 Å². The molecule has 2 N–H and O–H groups in total. The lowest BCUT2D eigenvalue weighted by atomic mass is 10.2. The lowest BCUT2D eigenvalue weighted by molar-refractivity contribution is 0.0471. The predicted molar refractivity (Wildman–Crippen MR) is 84.1 cm³/mol. The quantitative estimate of drug-likeness (QED) is 0.626. The summed E-state index contributed by atoms with van der Waals surface area (Å²) in [5.74, 6) is -0.463. The smallest absolute Gasteiger partial charge is 0.339 e. The summed E-state index contributed by atoms with van der Waals surface area (Å²) >= 11 is 15.0. The number of halogens is 3. The Bertz CT molecular complexity index is 662. The van der Waals surface area contributed by atoms with E-state index in [4.69, 9.17) is 33.7 Å². The van der Waals surface area contributed by atoms with Crippen LogP contribution in [-0.2, 0) is 11.3 Å². The zero-order valence-corrected chi connectivity index (χ0v) is 13.3. The van der Waals surface area contributed by atoms with E-state index in [1.807, 2.05) is 0 Å². The highest BCUT2D eigenvalue weighted by molar-refractivity contribution is 9.10. The molecule has 6 heteroatoms. The molecule has 0 atom stereocenters. The number of esters is 1. The van der Waals surface area contributed by atoms with Gasteiger partial charge in [-0.3, -0.25) is 0 Å². The molecule has 0 saturated carbocycles. The molecule has 2 aromatic rings. The molecule has 0 saturated heterocycles. The molecular formula is C14H10BrCl2NO2. The third-order valence-electron chi connectivity index (χ3n) is 2.56. The van der Waals surface area contributed by atoms with Gasteiger partial charge < -0.3 is 10.5 Å². The average molecular weight is 375 g/mol. The second-order valence-electron chi connectivity index (χ2n) is 4.06. The van der Waals surface area contributed by atoms with E-state index in [0.29, 0.717) is 25.8 Å². The molecule has 0 amide bonds. The van der Waals surface area contributed by atoms with E-state index < -0.39 is 5.97 Å². The largest absolute Gasteiger partial charge is 0.457 e. The van der Waals surface area contributed by atoms with Crippen LogP contribution in [0.3, 0.4) is 0 Å². The van der Waals surface area contributed by atoms with E-state index in [1.165, 1.54) is 0 Å². The number of rotatable bonds is 3. The minimum Gasteiger partial charge on any atom is -0.457 e. The fraction of sp³-hybridized carbons (Fsp3) is 0.0714. The number of carbonyl (C=O) groups is 1.